The molecule has 4 heteroatoms. The van der Waals surface area contributed by atoms with E-state index in [4.69, 9.17) is 4.74 Å². The Hall–Kier alpha value is -0.840. The molecule has 0 aliphatic heterocycles. The largest absolute Gasteiger partial charge is 0.456 e. The second-order valence-corrected chi connectivity index (χ2v) is 7.20. The molecule has 21 heavy (non-hydrogen) atoms. The highest BCUT2D eigenvalue weighted by Gasteiger charge is 2.20. The van der Waals surface area contributed by atoms with Crippen molar-refractivity contribution in [3.05, 3.63) is 56.5 Å². The van der Waals surface area contributed by atoms with E-state index >= 15 is 0 Å². The normalized spacial score (nSPS) is 14.2. The van der Waals surface area contributed by atoms with Crippen LogP contribution in [0.2, 0.25) is 0 Å². The topological polar surface area (TPSA) is 21.3 Å². The Balaban J connectivity index is 1.74. The number of hydrogen-bond acceptors (Lipinski definition) is 2. The summed E-state index contributed by atoms with van der Waals surface area (Å²) in [6.45, 7) is 2.96. The SMILES string of the molecule is Cc1ccc(Br)cc1Oc1ccc(CNC2CC2)cc1Br. The van der Waals surface area contributed by atoms with E-state index in [1.807, 2.05) is 31.2 Å². The van der Waals surface area contributed by atoms with Crippen molar-refractivity contribution in [2.75, 3.05) is 0 Å². The molecule has 0 atom stereocenters. The number of nitrogens with one attached hydrogen (secondary N) is 1. The van der Waals surface area contributed by atoms with Gasteiger partial charge in [0.2, 0.25) is 0 Å². The third-order valence-electron chi connectivity index (χ3n) is 3.54. The summed E-state index contributed by atoms with van der Waals surface area (Å²) in [7, 11) is 0. The maximum absolute atomic E-state index is 6.02. The molecule has 2 aromatic rings. The van der Waals surface area contributed by atoms with Crippen LogP contribution >= 0.6 is 31.9 Å². The molecular formula is C17H17Br2NO. The Morgan fingerprint density at radius 1 is 1.10 bits per heavy atom. The van der Waals surface area contributed by atoms with E-state index in [2.05, 4.69) is 49.3 Å². The van der Waals surface area contributed by atoms with E-state index in [0.717, 1.165) is 38.6 Å². The van der Waals surface area contributed by atoms with Gasteiger partial charge in [0.15, 0.2) is 0 Å². The van der Waals surface area contributed by atoms with Crippen LogP contribution in [-0.2, 0) is 6.54 Å². The van der Waals surface area contributed by atoms with Crippen LogP contribution in [0.15, 0.2) is 45.3 Å². The highest BCUT2D eigenvalue weighted by molar-refractivity contribution is 9.10. The van der Waals surface area contributed by atoms with E-state index in [1.54, 1.807) is 0 Å². The minimum absolute atomic E-state index is 0.726. The monoisotopic (exact) mass is 409 g/mol. The van der Waals surface area contributed by atoms with E-state index in [9.17, 15) is 0 Å². The molecule has 0 amide bonds. The molecule has 0 aromatic heterocycles. The van der Waals surface area contributed by atoms with Gasteiger partial charge in [0.25, 0.3) is 0 Å². The first-order chi connectivity index (χ1) is 10.1. The van der Waals surface area contributed by atoms with Gasteiger partial charge in [-0.25, -0.2) is 0 Å². The van der Waals surface area contributed by atoms with Crippen molar-refractivity contribution < 1.29 is 4.74 Å². The standard InChI is InChI=1S/C17H17Br2NO/c1-11-2-4-13(18)9-17(11)21-16-7-3-12(8-15(16)19)10-20-14-5-6-14/h2-4,7-9,14,20H,5-6,10H2,1H3. The summed E-state index contributed by atoms with van der Waals surface area (Å²) in [6.07, 6.45) is 2.62. The number of aryl methyl sites for hydroxylation is 1. The van der Waals surface area contributed by atoms with Gasteiger partial charge in [-0.2, -0.15) is 0 Å². The Morgan fingerprint density at radius 2 is 1.90 bits per heavy atom. The van der Waals surface area contributed by atoms with Crippen molar-refractivity contribution >= 4 is 31.9 Å². The van der Waals surface area contributed by atoms with Crippen molar-refractivity contribution in [2.24, 2.45) is 0 Å². The Morgan fingerprint density at radius 3 is 2.62 bits per heavy atom. The van der Waals surface area contributed by atoms with Gasteiger partial charge in [-0.1, -0.05) is 28.1 Å². The number of ether oxygens (including phenoxy) is 1. The van der Waals surface area contributed by atoms with Crippen LogP contribution < -0.4 is 10.1 Å². The zero-order valence-corrected chi connectivity index (χ0v) is 15.0. The quantitative estimate of drug-likeness (QED) is 0.696. The molecule has 110 valence electrons. The van der Waals surface area contributed by atoms with Gasteiger partial charge in [-0.05, 0) is 71.1 Å². The summed E-state index contributed by atoms with van der Waals surface area (Å²) >= 11 is 7.09. The van der Waals surface area contributed by atoms with Crippen LogP contribution in [0.1, 0.15) is 24.0 Å². The lowest BCUT2D eigenvalue weighted by Gasteiger charge is -2.12. The molecule has 0 heterocycles. The first-order valence-electron chi connectivity index (χ1n) is 7.07. The van der Waals surface area contributed by atoms with Crippen LogP contribution in [-0.4, -0.2) is 6.04 Å². The Labute approximate surface area is 142 Å². The zero-order valence-electron chi connectivity index (χ0n) is 11.8. The van der Waals surface area contributed by atoms with E-state index in [0.29, 0.717) is 0 Å². The molecule has 2 aromatic carbocycles. The summed E-state index contributed by atoms with van der Waals surface area (Å²) in [5.74, 6) is 1.71. The molecule has 1 fully saturated rings. The lowest BCUT2D eigenvalue weighted by atomic mass is 10.2. The lowest BCUT2D eigenvalue weighted by molar-refractivity contribution is 0.475. The first-order valence-corrected chi connectivity index (χ1v) is 8.66. The zero-order chi connectivity index (χ0) is 14.8. The van der Waals surface area contributed by atoms with Crippen LogP contribution in [0.3, 0.4) is 0 Å². The minimum atomic E-state index is 0.726. The predicted molar refractivity (Wildman–Crippen MR) is 93.0 cm³/mol. The summed E-state index contributed by atoms with van der Waals surface area (Å²) < 4.78 is 8.02. The van der Waals surface area contributed by atoms with Crippen LogP contribution in [0, 0.1) is 6.92 Å². The maximum atomic E-state index is 6.02. The average molecular weight is 411 g/mol. The number of rotatable bonds is 5. The number of hydrogen-bond donors (Lipinski definition) is 1. The molecular weight excluding hydrogens is 394 g/mol. The molecule has 1 N–H and O–H groups in total. The van der Waals surface area contributed by atoms with E-state index < -0.39 is 0 Å². The van der Waals surface area contributed by atoms with Gasteiger partial charge in [0, 0.05) is 17.1 Å². The summed E-state index contributed by atoms with van der Waals surface area (Å²) in [4.78, 5) is 0. The average Bonchev–Trinajstić information content (AvgIpc) is 3.27. The molecule has 0 bridgehead atoms. The molecule has 0 radical (unpaired) electrons. The van der Waals surface area contributed by atoms with Crippen LogP contribution in [0.25, 0.3) is 0 Å². The number of halogens is 2. The first kappa shape index (κ1) is 15.1. The van der Waals surface area contributed by atoms with Crippen molar-refractivity contribution in [2.45, 2.75) is 32.4 Å². The molecule has 1 saturated carbocycles. The van der Waals surface area contributed by atoms with Gasteiger partial charge in [-0.3, -0.25) is 0 Å². The van der Waals surface area contributed by atoms with Gasteiger partial charge in [-0.15, -0.1) is 0 Å². The third kappa shape index (κ3) is 4.09. The summed E-state index contributed by atoms with van der Waals surface area (Å²) in [5.41, 5.74) is 2.39. The molecule has 0 saturated heterocycles. The summed E-state index contributed by atoms with van der Waals surface area (Å²) in [5, 5.41) is 3.52. The van der Waals surface area contributed by atoms with Crippen molar-refractivity contribution in [1.29, 1.82) is 0 Å². The van der Waals surface area contributed by atoms with E-state index in [-0.39, 0.29) is 0 Å². The summed E-state index contributed by atoms with van der Waals surface area (Å²) in [6, 6.07) is 13.0. The van der Waals surface area contributed by atoms with Crippen molar-refractivity contribution in [3.63, 3.8) is 0 Å². The van der Waals surface area contributed by atoms with Gasteiger partial charge >= 0.3 is 0 Å². The second kappa shape index (κ2) is 6.51. The van der Waals surface area contributed by atoms with Crippen LogP contribution in [0.5, 0.6) is 11.5 Å². The molecule has 3 rings (SSSR count). The molecule has 1 aliphatic rings. The van der Waals surface area contributed by atoms with Crippen molar-refractivity contribution in [3.8, 4) is 11.5 Å². The van der Waals surface area contributed by atoms with Crippen LogP contribution in [0.4, 0.5) is 0 Å². The number of benzene rings is 2. The predicted octanol–water partition coefficient (Wildman–Crippen LogP) is 5.56. The third-order valence-corrected chi connectivity index (χ3v) is 4.65. The fourth-order valence-corrected chi connectivity index (χ4v) is 2.94. The Bertz CT molecular complexity index is 653. The van der Waals surface area contributed by atoms with Gasteiger partial charge in [0.05, 0.1) is 4.47 Å². The highest BCUT2D eigenvalue weighted by atomic mass is 79.9. The second-order valence-electron chi connectivity index (χ2n) is 5.43. The Kier molecular flexibility index (Phi) is 4.67. The van der Waals surface area contributed by atoms with Gasteiger partial charge in [0.1, 0.15) is 11.5 Å². The highest BCUT2D eigenvalue weighted by Crippen LogP contribution is 2.33. The molecule has 1 aliphatic carbocycles. The molecule has 0 spiro atoms. The fourth-order valence-electron chi connectivity index (χ4n) is 2.09. The lowest BCUT2D eigenvalue weighted by Crippen LogP contribution is -2.15. The molecule has 0 unspecified atom stereocenters. The fraction of sp³-hybridized carbons (Fsp3) is 0.294. The van der Waals surface area contributed by atoms with Crippen molar-refractivity contribution in [1.82, 2.24) is 5.32 Å². The van der Waals surface area contributed by atoms with E-state index in [1.165, 1.54) is 18.4 Å². The van der Waals surface area contributed by atoms with Gasteiger partial charge < -0.3 is 10.1 Å². The molecule has 2 nitrogen and oxygen atoms in total. The smallest absolute Gasteiger partial charge is 0.141 e. The maximum Gasteiger partial charge on any atom is 0.141 e. The minimum Gasteiger partial charge on any atom is -0.456 e.